The molecule has 1 atom stereocenters. The number of carbonyl (C=O) groups excluding carboxylic acids is 1. The highest BCUT2D eigenvalue weighted by Gasteiger charge is 2.46. The van der Waals surface area contributed by atoms with E-state index in [4.69, 9.17) is 0 Å². The molecule has 21 heavy (non-hydrogen) atoms. The average molecular weight is 300 g/mol. The molecule has 0 bridgehead atoms. The number of carbonyl (C=O) groups is 2. The monoisotopic (exact) mass is 300 g/mol. The van der Waals surface area contributed by atoms with Crippen molar-refractivity contribution in [2.24, 2.45) is 0 Å². The molecule has 0 aliphatic carbocycles. The summed E-state index contributed by atoms with van der Waals surface area (Å²) in [4.78, 5) is 24.3. The van der Waals surface area contributed by atoms with Gasteiger partial charge in [0.25, 0.3) is 0 Å². The fourth-order valence-corrected chi connectivity index (χ4v) is 3.77. The fourth-order valence-electron chi connectivity index (χ4n) is 2.60. The number of fused-ring (bicyclic) bond motifs is 1. The van der Waals surface area contributed by atoms with Crippen molar-refractivity contribution < 1.29 is 14.7 Å². The molecule has 0 saturated carbocycles. The van der Waals surface area contributed by atoms with E-state index in [-0.39, 0.29) is 16.9 Å². The predicted molar refractivity (Wildman–Crippen MR) is 83.2 cm³/mol. The summed E-state index contributed by atoms with van der Waals surface area (Å²) in [6, 6.07) is 8.83. The highest BCUT2D eigenvalue weighted by molar-refractivity contribution is 7.14. The number of carboxylic acids is 1. The van der Waals surface area contributed by atoms with Gasteiger partial charge in [0.2, 0.25) is 5.00 Å². The smallest absolute Gasteiger partial charge is 0.360 e. The number of benzene rings is 1. The average Bonchev–Trinajstić information content (AvgIpc) is 3.01. The van der Waals surface area contributed by atoms with Gasteiger partial charge in [-0.2, -0.15) is 4.48 Å². The molecule has 0 saturated heterocycles. The topological polar surface area (TPSA) is 54.4 Å². The molecule has 5 heteroatoms. The van der Waals surface area contributed by atoms with Crippen molar-refractivity contribution in [3.8, 4) is 0 Å². The molecule has 4 nitrogen and oxygen atoms in total. The number of aliphatic carboxylic acids is 1. The number of quaternary nitrogens is 1. The molecule has 1 N–H and O–H groups in total. The molecular weight excluding hydrogens is 286 g/mol. The first-order chi connectivity index (χ1) is 10.0. The van der Waals surface area contributed by atoms with E-state index < -0.39 is 5.97 Å². The van der Waals surface area contributed by atoms with E-state index >= 15 is 0 Å². The first-order valence-electron chi connectivity index (χ1n) is 6.52. The van der Waals surface area contributed by atoms with Gasteiger partial charge in [0.05, 0.1) is 11.1 Å². The van der Waals surface area contributed by atoms with Gasteiger partial charge in [0.1, 0.15) is 6.20 Å². The normalized spacial score (nSPS) is 19.5. The molecule has 1 aromatic carbocycles. The maximum atomic E-state index is 12.9. The SMILES string of the molecule is Cc1csc2c1C=C[N+]2(CC(=O)O)C(=O)c1ccccc1. The minimum Gasteiger partial charge on any atom is -0.477 e. The Labute approximate surface area is 126 Å². The fraction of sp³-hybridized carbons (Fsp3) is 0.125. The minimum absolute atomic E-state index is 0.213. The van der Waals surface area contributed by atoms with Crippen molar-refractivity contribution in [1.82, 2.24) is 4.48 Å². The summed E-state index contributed by atoms with van der Waals surface area (Å²) < 4.78 is -0.271. The quantitative estimate of drug-likeness (QED) is 0.885. The van der Waals surface area contributed by atoms with Crippen LogP contribution < -0.4 is 4.48 Å². The molecule has 0 radical (unpaired) electrons. The van der Waals surface area contributed by atoms with Gasteiger partial charge in [-0.3, -0.25) is 0 Å². The van der Waals surface area contributed by atoms with Crippen LogP contribution in [-0.4, -0.2) is 23.5 Å². The van der Waals surface area contributed by atoms with Crippen molar-refractivity contribution >= 4 is 34.3 Å². The Hall–Kier alpha value is -2.24. The maximum Gasteiger partial charge on any atom is 0.360 e. The summed E-state index contributed by atoms with van der Waals surface area (Å²) in [7, 11) is 0. The van der Waals surface area contributed by atoms with E-state index in [0.29, 0.717) is 5.56 Å². The van der Waals surface area contributed by atoms with Crippen molar-refractivity contribution in [3.63, 3.8) is 0 Å². The predicted octanol–water partition coefficient (Wildman–Crippen LogP) is 3.27. The zero-order chi connectivity index (χ0) is 15.0. The second-order valence-electron chi connectivity index (χ2n) is 5.05. The van der Waals surface area contributed by atoms with Crippen LogP contribution in [0.4, 0.5) is 5.00 Å². The Morgan fingerprint density at radius 2 is 1.95 bits per heavy atom. The van der Waals surface area contributed by atoms with E-state index in [2.05, 4.69) is 0 Å². The third-order valence-electron chi connectivity index (χ3n) is 3.63. The van der Waals surface area contributed by atoms with Crippen molar-refractivity contribution in [2.75, 3.05) is 6.54 Å². The van der Waals surface area contributed by atoms with Gasteiger partial charge in [0.15, 0.2) is 6.54 Å². The molecular formula is C16H14NO3S+. The highest BCUT2D eigenvalue weighted by atomic mass is 32.1. The van der Waals surface area contributed by atoms with Crippen LogP contribution in [0.25, 0.3) is 6.08 Å². The lowest BCUT2D eigenvalue weighted by Gasteiger charge is -2.26. The minimum atomic E-state index is -0.997. The molecule has 106 valence electrons. The lowest BCUT2D eigenvalue weighted by molar-refractivity contribution is -0.137. The largest absolute Gasteiger partial charge is 0.477 e. The van der Waals surface area contributed by atoms with E-state index in [1.165, 1.54) is 11.3 Å². The number of hydrogen-bond donors (Lipinski definition) is 1. The summed E-state index contributed by atoms with van der Waals surface area (Å²) in [5, 5.41) is 12.0. The number of thiophene rings is 1. The molecule has 3 rings (SSSR count). The van der Waals surface area contributed by atoms with Gasteiger partial charge in [-0.25, -0.2) is 9.59 Å². The van der Waals surface area contributed by atoms with Crippen LogP contribution >= 0.6 is 11.3 Å². The Balaban J connectivity index is 2.14. The number of amides is 1. The summed E-state index contributed by atoms with van der Waals surface area (Å²) in [5.74, 6) is -1.21. The molecule has 0 spiro atoms. The van der Waals surface area contributed by atoms with E-state index in [1.54, 1.807) is 30.5 Å². The summed E-state index contributed by atoms with van der Waals surface area (Å²) in [6.45, 7) is 1.69. The van der Waals surface area contributed by atoms with Gasteiger partial charge in [-0.1, -0.05) is 29.5 Å². The molecule has 1 unspecified atom stereocenters. The number of hydrogen-bond acceptors (Lipinski definition) is 3. The van der Waals surface area contributed by atoms with Crippen LogP contribution in [0.1, 0.15) is 21.5 Å². The maximum absolute atomic E-state index is 12.9. The first kappa shape index (κ1) is 13.7. The van der Waals surface area contributed by atoms with Gasteiger partial charge < -0.3 is 5.11 Å². The Morgan fingerprint density at radius 1 is 1.24 bits per heavy atom. The molecule has 1 aliphatic heterocycles. The Kier molecular flexibility index (Phi) is 3.23. The van der Waals surface area contributed by atoms with E-state index in [9.17, 15) is 14.7 Å². The molecule has 1 aliphatic rings. The molecule has 2 aromatic rings. The molecule has 0 fully saturated rings. The zero-order valence-electron chi connectivity index (χ0n) is 11.4. The zero-order valence-corrected chi connectivity index (χ0v) is 12.3. The van der Waals surface area contributed by atoms with Gasteiger partial charge in [-0.15, -0.1) is 0 Å². The van der Waals surface area contributed by atoms with Crippen LogP contribution in [0.15, 0.2) is 41.9 Å². The summed E-state index contributed by atoms with van der Waals surface area (Å²) in [5.41, 5.74) is 2.55. The van der Waals surface area contributed by atoms with Crippen LogP contribution in [0.5, 0.6) is 0 Å². The van der Waals surface area contributed by atoms with Gasteiger partial charge in [0, 0.05) is 11.5 Å². The molecule has 1 aromatic heterocycles. The first-order valence-corrected chi connectivity index (χ1v) is 7.40. The lowest BCUT2D eigenvalue weighted by atomic mass is 10.1. The van der Waals surface area contributed by atoms with Crippen molar-refractivity contribution in [3.05, 3.63) is 58.6 Å². The van der Waals surface area contributed by atoms with Crippen molar-refractivity contribution in [2.45, 2.75) is 6.92 Å². The second kappa shape index (κ2) is 4.95. The number of carboxylic acid groups (broad SMARTS) is 1. The van der Waals surface area contributed by atoms with E-state index in [0.717, 1.165) is 16.1 Å². The van der Waals surface area contributed by atoms with Crippen molar-refractivity contribution in [1.29, 1.82) is 0 Å². The standard InChI is InChI=1S/C16H13NO3S/c1-11-10-21-16-13(11)7-8-17(16,9-14(18)19)15(20)12-5-3-2-4-6-12/h2-8,10H,9H2,1H3/p+1. The lowest BCUT2D eigenvalue weighted by Crippen LogP contribution is -2.51. The third kappa shape index (κ3) is 2.11. The number of rotatable bonds is 3. The highest BCUT2D eigenvalue weighted by Crippen LogP contribution is 2.43. The third-order valence-corrected chi connectivity index (χ3v) is 4.87. The van der Waals surface area contributed by atoms with Crippen LogP contribution in [0.2, 0.25) is 0 Å². The second-order valence-corrected chi connectivity index (χ2v) is 5.90. The number of nitrogens with zero attached hydrogens (tertiary/aromatic N) is 1. The summed E-state index contributed by atoms with van der Waals surface area (Å²) in [6.07, 6.45) is 3.54. The molecule has 1 amide bonds. The molecule has 2 heterocycles. The Morgan fingerprint density at radius 3 is 2.62 bits per heavy atom. The van der Waals surface area contributed by atoms with Crippen LogP contribution in [-0.2, 0) is 4.79 Å². The van der Waals surface area contributed by atoms with Crippen LogP contribution in [0.3, 0.4) is 0 Å². The van der Waals surface area contributed by atoms with Gasteiger partial charge in [-0.05, 0) is 24.6 Å². The summed E-state index contributed by atoms with van der Waals surface area (Å²) >= 11 is 1.44. The van der Waals surface area contributed by atoms with E-state index in [1.807, 2.05) is 24.4 Å². The Bertz CT molecular complexity index is 748. The number of aryl methyl sites for hydroxylation is 1. The van der Waals surface area contributed by atoms with Crippen LogP contribution in [0, 0.1) is 6.92 Å². The van der Waals surface area contributed by atoms with Gasteiger partial charge >= 0.3 is 11.9 Å².